The van der Waals surface area contributed by atoms with E-state index in [-0.39, 0.29) is 0 Å². The summed E-state index contributed by atoms with van der Waals surface area (Å²) in [6.07, 6.45) is 0. The van der Waals surface area contributed by atoms with Crippen molar-refractivity contribution in [2.24, 2.45) is 0 Å². The third-order valence-corrected chi connectivity index (χ3v) is 3.30. The number of amides is 2. The maximum atomic E-state index is 11.7. The molecule has 0 radical (unpaired) electrons. The zero-order valence-electron chi connectivity index (χ0n) is 10.9. The van der Waals surface area contributed by atoms with E-state index in [4.69, 9.17) is 4.74 Å². The Labute approximate surface area is 120 Å². The number of hydrogen-bond acceptors (Lipinski definition) is 4. The molecule has 0 aliphatic heterocycles. The van der Waals surface area contributed by atoms with Crippen molar-refractivity contribution in [3.63, 3.8) is 0 Å². The minimum atomic E-state index is -0.700. The quantitative estimate of drug-likeness (QED) is 0.846. The van der Waals surface area contributed by atoms with E-state index < -0.39 is 11.8 Å². The molecule has 1 heterocycles. The lowest BCUT2D eigenvalue weighted by Gasteiger charge is -2.07. The summed E-state index contributed by atoms with van der Waals surface area (Å²) < 4.78 is 5.04. The molecule has 2 rings (SSSR count). The number of carbonyl (C=O) groups excluding carboxylic acids is 2. The van der Waals surface area contributed by atoms with Crippen LogP contribution in [0.3, 0.4) is 0 Å². The topological polar surface area (TPSA) is 67.4 Å². The van der Waals surface area contributed by atoms with E-state index in [2.05, 4.69) is 10.6 Å². The monoisotopic (exact) mass is 290 g/mol. The summed E-state index contributed by atoms with van der Waals surface area (Å²) in [4.78, 5) is 23.4. The van der Waals surface area contributed by atoms with Gasteiger partial charge in [-0.3, -0.25) is 9.59 Å². The van der Waals surface area contributed by atoms with Crippen molar-refractivity contribution in [1.29, 1.82) is 0 Å². The Morgan fingerprint density at radius 3 is 2.80 bits per heavy atom. The number of rotatable bonds is 4. The first-order chi connectivity index (χ1) is 9.69. The number of hydrogen-bond donors (Lipinski definition) is 2. The average molecular weight is 290 g/mol. The lowest BCUT2D eigenvalue weighted by Crippen LogP contribution is -2.34. The Bertz CT molecular complexity index is 596. The minimum Gasteiger partial charge on any atom is -0.497 e. The molecule has 1 aromatic heterocycles. The van der Waals surface area contributed by atoms with Crippen LogP contribution in [0.5, 0.6) is 5.75 Å². The number of ether oxygens (including phenoxy) is 1. The van der Waals surface area contributed by atoms with E-state index in [0.717, 1.165) is 5.56 Å². The highest BCUT2D eigenvalue weighted by Gasteiger charge is 2.13. The molecular formula is C14H14N2O3S. The molecule has 0 aliphatic rings. The second kappa shape index (κ2) is 6.72. The third-order valence-electron chi connectivity index (χ3n) is 2.57. The zero-order valence-corrected chi connectivity index (χ0v) is 11.7. The fraction of sp³-hybridized carbons (Fsp3) is 0.143. The summed E-state index contributed by atoms with van der Waals surface area (Å²) in [5.41, 5.74) is 1.48. The summed E-state index contributed by atoms with van der Waals surface area (Å²) in [6, 6.07) is 8.71. The van der Waals surface area contributed by atoms with Gasteiger partial charge in [0, 0.05) is 18.3 Å². The van der Waals surface area contributed by atoms with E-state index in [1.165, 1.54) is 7.11 Å². The number of thiophene rings is 1. The molecule has 20 heavy (non-hydrogen) atoms. The average Bonchev–Trinajstić information content (AvgIpc) is 2.98. The molecule has 5 nitrogen and oxygen atoms in total. The fourth-order valence-electron chi connectivity index (χ4n) is 1.54. The predicted octanol–water partition coefficient (Wildman–Crippen LogP) is 2.01. The van der Waals surface area contributed by atoms with Crippen molar-refractivity contribution < 1.29 is 14.3 Å². The molecule has 0 atom stereocenters. The highest BCUT2D eigenvalue weighted by Crippen LogP contribution is 2.16. The van der Waals surface area contributed by atoms with Gasteiger partial charge in [0.1, 0.15) is 5.75 Å². The molecule has 2 amide bonds. The van der Waals surface area contributed by atoms with Crippen LogP contribution in [0.25, 0.3) is 0 Å². The molecule has 2 aromatic rings. The van der Waals surface area contributed by atoms with Crippen LogP contribution < -0.4 is 15.4 Å². The lowest BCUT2D eigenvalue weighted by atomic mass is 10.3. The Morgan fingerprint density at radius 2 is 2.10 bits per heavy atom. The Hall–Kier alpha value is -2.34. The van der Waals surface area contributed by atoms with E-state index in [0.29, 0.717) is 18.0 Å². The van der Waals surface area contributed by atoms with E-state index in [1.54, 1.807) is 35.6 Å². The summed E-state index contributed by atoms with van der Waals surface area (Å²) in [5.74, 6) is -0.756. The fourth-order valence-corrected chi connectivity index (χ4v) is 2.21. The smallest absolute Gasteiger partial charge is 0.313 e. The molecular weight excluding hydrogens is 276 g/mol. The van der Waals surface area contributed by atoms with Crippen molar-refractivity contribution in [2.45, 2.75) is 6.54 Å². The first kappa shape index (κ1) is 14.1. The van der Waals surface area contributed by atoms with Crippen LogP contribution in [-0.4, -0.2) is 18.9 Å². The summed E-state index contributed by atoms with van der Waals surface area (Å²) >= 11 is 1.54. The van der Waals surface area contributed by atoms with E-state index in [1.807, 2.05) is 16.8 Å². The first-order valence-electron chi connectivity index (χ1n) is 5.93. The van der Waals surface area contributed by atoms with Gasteiger partial charge in [0.05, 0.1) is 7.11 Å². The minimum absolute atomic E-state index is 0.341. The van der Waals surface area contributed by atoms with Gasteiger partial charge in [-0.1, -0.05) is 6.07 Å². The summed E-state index contributed by atoms with van der Waals surface area (Å²) in [5, 5.41) is 8.91. The number of methoxy groups -OCH3 is 1. The van der Waals surface area contributed by atoms with Gasteiger partial charge in [-0.2, -0.15) is 11.3 Å². The normalized spacial score (nSPS) is 9.85. The third kappa shape index (κ3) is 3.83. The number of anilines is 1. The van der Waals surface area contributed by atoms with Gasteiger partial charge < -0.3 is 15.4 Å². The van der Waals surface area contributed by atoms with Crippen LogP contribution >= 0.6 is 11.3 Å². The highest BCUT2D eigenvalue weighted by molar-refractivity contribution is 7.07. The van der Waals surface area contributed by atoms with Gasteiger partial charge in [0.25, 0.3) is 0 Å². The Kier molecular flexibility index (Phi) is 4.73. The maximum Gasteiger partial charge on any atom is 0.313 e. The van der Waals surface area contributed by atoms with Gasteiger partial charge in [-0.05, 0) is 34.5 Å². The van der Waals surface area contributed by atoms with E-state index in [9.17, 15) is 9.59 Å². The molecule has 0 unspecified atom stereocenters. The van der Waals surface area contributed by atoms with Crippen LogP contribution in [0.1, 0.15) is 5.56 Å². The second-order valence-corrected chi connectivity index (χ2v) is 4.78. The van der Waals surface area contributed by atoms with Gasteiger partial charge in [-0.25, -0.2) is 0 Å². The number of benzene rings is 1. The lowest BCUT2D eigenvalue weighted by molar-refractivity contribution is -0.136. The standard InChI is InChI=1S/C14H14N2O3S/c1-19-12-4-2-3-11(7-12)16-14(18)13(17)15-8-10-5-6-20-9-10/h2-7,9H,8H2,1H3,(H,15,17)(H,16,18). The molecule has 0 fully saturated rings. The van der Waals surface area contributed by atoms with Gasteiger partial charge in [0.2, 0.25) is 0 Å². The largest absolute Gasteiger partial charge is 0.497 e. The van der Waals surface area contributed by atoms with Crippen molar-refractivity contribution in [3.8, 4) is 5.75 Å². The van der Waals surface area contributed by atoms with Crippen LogP contribution in [0.4, 0.5) is 5.69 Å². The van der Waals surface area contributed by atoms with Crippen LogP contribution in [0, 0.1) is 0 Å². The molecule has 0 bridgehead atoms. The summed E-state index contributed by atoms with van der Waals surface area (Å²) in [6.45, 7) is 0.341. The van der Waals surface area contributed by atoms with Crippen LogP contribution in [-0.2, 0) is 16.1 Å². The molecule has 0 spiro atoms. The molecule has 0 saturated carbocycles. The number of carbonyl (C=O) groups is 2. The first-order valence-corrected chi connectivity index (χ1v) is 6.87. The maximum absolute atomic E-state index is 11.7. The molecule has 0 aliphatic carbocycles. The molecule has 2 N–H and O–H groups in total. The number of nitrogens with one attached hydrogen (secondary N) is 2. The van der Waals surface area contributed by atoms with Gasteiger partial charge in [0.15, 0.2) is 0 Å². The van der Waals surface area contributed by atoms with Crippen molar-refractivity contribution in [1.82, 2.24) is 5.32 Å². The van der Waals surface area contributed by atoms with Crippen LogP contribution in [0.2, 0.25) is 0 Å². The van der Waals surface area contributed by atoms with Crippen LogP contribution in [0.15, 0.2) is 41.1 Å². The van der Waals surface area contributed by atoms with Crippen molar-refractivity contribution in [2.75, 3.05) is 12.4 Å². The molecule has 0 saturated heterocycles. The molecule has 6 heteroatoms. The predicted molar refractivity (Wildman–Crippen MR) is 77.8 cm³/mol. The van der Waals surface area contributed by atoms with Crippen molar-refractivity contribution in [3.05, 3.63) is 46.7 Å². The Balaban J connectivity index is 1.88. The Morgan fingerprint density at radius 1 is 1.25 bits per heavy atom. The van der Waals surface area contributed by atoms with Gasteiger partial charge >= 0.3 is 11.8 Å². The SMILES string of the molecule is COc1cccc(NC(=O)C(=O)NCc2ccsc2)c1. The molecule has 1 aromatic carbocycles. The summed E-state index contributed by atoms with van der Waals surface area (Å²) in [7, 11) is 1.54. The van der Waals surface area contributed by atoms with E-state index >= 15 is 0 Å². The highest BCUT2D eigenvalue weighted by atomic mass is 32.1. The van der Waals surface area contributed by atoms with Crippen molar-refractivity contribution >= 4 is 28.8 Å². The molecule has 104 valence electrons. The second-order valence-electron chi connectivity index (χ2n) is 4.00. The zero-order chi connectivity index (χ0) is 14.4. The van der Waals surface area contributed by atoms with Gasteiger partial charge in [-0.15, -0.1) is 0 Å².